The number of dihydropyridines is 1. The molecule has 8 N–H and O–H groups in total. The number of aliphatic imine (C=N–C) groups is 1. The summed E-state index contributed by atoms with van der Waals surface area (Å²) in [4.78, 5) is 33.8. The summed E-state index contributed by atoms with van der Waals surface area (Å²) in [6.07, 6.45) is 25.4. The van der Waals surface area contributed by atoms with Crippen molar-refractivity contribution < 1.29 is 29.3 Å². The number of amides is 1. The van der Waals surface area contributed by atoms with Crippen LogP contribution in [0.2, 0.25) is 0 Å². The Morgan fingerprint density at radius 3 is 2.59 bits per heavy atom. The predicted molar refractivity (Wildman–Crippen MR) is 287 cm³/mol. The molecule has 71 heavy (non-hydrogen) atoms. The van der Waals surface area contributed by atoms with Crippen molar-refractivity contribution in [2.24, 2.45) is 39.1 Å². The average molecular weight is 1010 g/mol. The van der Waals surface area contributed by atoms with Gasteiger partial charge in [0.1, 0.15) is 17.1 Å². The number of nitrogens with two attached hydrogens (primary N) is 2. The number of phenols is 1. The smallest absolute Gasteiger partial charge is 0.302 e. The fraction of sp³-hybridized carbons (Fsp3) is 0.667. The van der Waals surface area contributed by atoms with Gasteiger partial charge in [-0.15, -0.1) is 0 Å². The lowest BCUT2D eigenvalue weighted by atomic mass is 9.77. The molecule has 12 nitrogen and oxygen atoms in total. The molecule has 3 saturated carbocycles. The summed E-state index contributed by atoms with van der Waals surface area (Å²) in [5.74, 6) is 3.48. The number of carbonyl (C=O) groups is 2. The van der Waals surface area contributed by atoms with Gasteiger partial charge in [0.05, 0.1) is 11.9 Å². The van der Waals surface area contributed by atoms with Gasteiger partial charge in [0.15, 0.2) is 17.5 Å². The highest BCUT2D eigenvalue weighted by atomic mass is 33.1. The minimum absolute atomic E-state index is 0.0454. The summed E-state index contributed by atoms with van der Waals surface area (Å²) in [5.41, 5.74) is 18.3. The van der Waals surface area contributed by atoms with E-state index in [1.165, 1.54) is 51.0 Å². The van der Waals surface area contributed by atoms with Gasteiger partial charge >= 0.3 is 5.97 Å². The molecule has 0 unspecified atom stereocenters. The van der Waals surface area contributed by atoms with Crippen LogP contribution in [0.15, 0.2) is 64.9 Å². The highest BCUT2D eigenvalue weighted by molar-refractivity contribution is 8.77. The van der Waals surface area contributed by atoms with Crippen molar-refractivity contribution in [3.8, 4) is 11.5 Å². The van der Waals surface area contributed by atoms with Crippen molar-refractivity contribution >= 4 is 39.4 Å². The predicted octanol–water partition coefficient (Wildman–Crippen LogP) is 9.88. The van der Waals surface area contributed by atoms with Crippen molar-refractivity contribution in [2.75, 3.05) is 25.4 Å². The van der Waals surface area contributed by atoms with Gasteiger partial charge in [0, 0.05) is 73.7 Å². The van der Waals surface area contributed by atoms with Gasteiger partial charge in [-0.3, -0.25) is 14.6 Å². The second-order valence-corrected chi connectivity index (χ2v) is 25.3. The van der Waals surface area contributed by atoms with Gasteiger partial charge in [0.2, 0.25) is 5.91 Å². The van der Waals surface area contributed by atoms with E-state index in [9.17, 15) is 19.8 Å². The third kappa shape index (κ3) is 12.7. The Kier molecular flexibility index (Phi) is 17.1. The Morgan fingerprint density at radius 2 is 1.77 bits per heavy atom. The van der Waals surface area contributed by atoms with Crippen LogP contribution < -0.4 is 26.8 Å². The summed E-state index contributed by atoms with van der Waals surface area (Å²) in [6, 6.07) is 12.9. The molecule has 9 rings (SSSR count). The van der Waals surface area contributed by atoms with E-state index >= 15 is 0 Å². The number of carbonyl (C=O) groups excluding carboxylic acids is 2. The zero-order chi connectivity index (χ0) is 49.4. The number of allylic oxidation sites excluding steroid dienone is 2. The second kappa shape index (κ2) is 23.5. The molecule has 2 aromatic rings. The number of guanidine groups is 1. The highest BCUT2D eigenvalue weighted by Crippen LogP contribution is 2.63. The number of nitrogens with zero attached hydrogens (tertiary/aromatic N) is 2. The molecule has 4 fully saturated rings. The number of hydrogen-bond donors (Lipinski definition) is 6. The van der Waals surface area contributed by atoms with Crippen molar-refractivity contribution in [3.63, 3.8) is 0 Å². The molecule has 3 aliphatic carbocycles. The molecule has 4 bridgehead atoms. The Hall–Kier alpha value is -4.01. The topological polar surface area (TPSA) is 185 Å². The Morgan fingerprint density at radius 1 is 0.958 bits per heavy atom. The minimum atomic E-state index is -0.599. The lowest BCUT2D eigenvalue weighted by Gasteiger charge is -2.44. The van der Waals surface area contributed by atoms with Gasteiger partial charge < -0.3 is 46.7 Å². The Bertz CT molecular complexity index is 2260. The maximum absolute atomic E-state index is 14.4. The number of aliphatic hydroxyl groups excluding tert-OH is 1. The molecule has 0 aromatic heterocycles. The molecular weight excluding hydrogens is 929 g/mol. The number of nitrogens with one attached hydrogen (secondary N) is 2. The van der Waals surface area contributed by atoms with Crippen molar-refractivity contribution in [1.29, 1.82) is 0 Å². The molecule has 1 amide bonds. The standard InChI is InChI=1S/C57H82N6O6S2/c1-39(64)68-47-21-19-44-32-45(52(67)53-48(44)22-20-43-14-9-16-49(43)69-53)36-63-38-55(35-51(63)66,34-42-23-29-60-50(58)31-42)28-30-61-54(59)62-57(27-10-26-56(57)24-7-8-25-56)71-70-37-41(13-5-6-15-46(65)33-47)18-17-40-11-3-2-4-12-40/h2-4,11-12,23,31-32,41,43,46-47,49,60,65,67H,5-10,13-22,24-30,33-38,58H2,1H3,(H3,59,61,62)/t41-,43-,46+,47-,49-,55+,57-/m1/s1. The molecule has 2 aromatic carbocycles. The lowest BCUT2D eigenvalue weighted by molar-refractivity contribution is -0.148. The summed E-state index contributed by atoms with van der Waals surface area (Å²) in [7, 11) is 4.03. The van der Waals surface area contributed by atoms with Gasteiger partial charge in [-0.2, -0.15) is 0 Å². The monoisotopic (exact) mass is 1010 g/mol. The molecular formula is C57H82N6O6S2. The summed E-state index contributed by atoms with van der Waals surface area (Å²) >= 11 is 0. The first kappa shape index (κ1) is 51.9. The van der Waals surface area contributed by atoms with E-state index in [1.54, 1.807) is 0 Å². The zero-order valence-corrected chi connectivity index (χ0v) is 44.0. The van der Waals surface area contributed by atoms with E-state index in [0.29, 0.717) is 99.5 Å². The van der Waals surface area contributed by atoms with Crippen LogP contribution in [0.5, 0.6) is 11.5 Å². The van der Waals surface area contributed by atoms with Crippen molar-refractivity contribution in [3.05, 3.63) is 82.2 Å². The molecule has 4 aliphatic heterocycles. The number of ether oxygens (including phenoxy) is 2. The van der Waals surface area contributed by atoms with Gasteiger partial charge in [-0.25, -0.2) is 0 Å². The van der Waals surface area contributed by atoms with E-state index in [1.807, 2.05) is 32.6 Å². The van der Waals surface area contributed by atoms with Crippen LogP contribution in [0.4, 0.5) is 0 Å². The molecule has 388 valence electrons. The number of fused-ring (bicyclic) bond motifs is 8. The molecule has 1 saturated heterocycles. The van der Waals surface area contributed by atoms with Crippen molar-refractivity contribution in [2.45, 2.75) is 191 Å². The number of aryl methyl sites for hydroxylation is 2. The molecule has 0 radical (unpaired) electrons. The number of esters is 1. The molecule has 7 atom stereocenters. The van der Waals surface area contributed by atoms with Crippen molar-refractivity contribution in [1.82, 2.24) is 15.5 Å². The van der Waals surface area contributed by atoms with Crippen LogP contribution >= 0.6 is 21.6 Å². The molecule has 14 heteroatoms. The van der Waals surface area contributed by atoms with Crippen LogP contribution in [-0.4, -0.2) is 81.5 Å². The fourth-order valence-electron chi connectivity index (χ4n) is 13.8. The molecule has 4 heterocycles. The fourth-order valence-corrected chi connectivity index (χ4v) is 17.7. The van der Waals surface area contributed by atoms with E-state index < -0.39 is 17.6 Å². The van der Waals surface area contributed by atoms with Gasteiger partial charge in [-0.05, 0) is 156 Å². The highest BCUT2D eigenvalue weighted by Gasteiger charge is 2.57. The summed E-state index contributed by atoms with van der Waals surface area (Å²) in [5, 5.41) is 30.9. The van der Waals surface area contributed by atoms with Gasteiger partial charge in [-0.1, -0.05) is 83.7 Å². The maximum Gasteiger partial charge on any atom is 0.302 e. The van der Waals surface area contributed by atoms with Crippen LogP contribution in [0.25, 0.3) is 0 Å². The third-order valence-electron chi connectivity index (χ3n) is 17.6. The van der Waals surface area contributed by atoms with E-state index in [-0.39, 0.29) is 40.6 Å². The van der Waals surface area contributed by atoms with Crippen LogP contribution in [0.1, 0.15) is 164 Å². The summed E-state index contributed by atoms with van der Waals surface area (Å²) < 4.78 is 12.8. The second-order valence-electron chi connectivity index (χ2n) is 22.6. The zero-order valence-electron chi connectivity index (χ0n) is 42.4. The normalized spacial score (nSPS) is 31.0. The number of rotatable bonds is 6. The largest absolute Gasteiger partial charge is 0.504 e. The van der Waals surface area contributed by atoms with E-state index in [4.69, 9.17) is 25.9 Å². The SMILES string of the molecule is CC(=O)O[C@@H]1CCc2cc(c(O)c3c2CC[C@H]2CCC[C@H]2O3)CN2C[C@](CC3=CCNC(N)=C3)(CCN=C(N)N[C@]3(CCCC34CCCC4)SSC[C@@H](CCc3ccccc3)CCCC[C@H](O)C1)CC2=O. The summed E-state index contributed by atoms with van der Waals surface area (Å²) in [6.45, 7) is 3.32. The van der Waals surface area contributed by atoms with Gasteiger partial charge in [0.25, 0.3) is 0 Å². The number of hydrogen-bond acceptors (Lipinski definition) is 13. The number of aliphatic hydroxyl groups is 1. The molecule has 7 aliphatic rings. The number of aromatic hydroxyl groups is 1. The first-order valence-electron chi connectivity index (χ1n) is 27.4. The number of benzene rings is 2. The lowest BCUT2D eigenvalue weighted by Crippen LogP contribution is -2.55. The Labute approximate surface area is 431 Å². The minimum Gasteiger partial charge on any atom is -0.504 e. The van der Waals surface area contributed by atoms with E-state index in [2.05, 4.69) is 53.1 Å². The van der Waals surface area contributed by atoms with Crippen LogP contribution in [0, 0.1) is 22.7 Å². The Balaban J connectivity index is 1.03. The number of phenolic OH excluding ortho intramolecular Hbond substituents is 1. The first-order chi connectivity index (χ1) is 34.4. The first-order valence-corrected chi connectivity index (χ1v) is 29.7. The van der Waals surface area contributed by atoms with Crippen LogP contribution in [-0.2, 0) is 40.1 Å². The van der Waals surface area contributed by atoms with Crippen LogP contribution in [0.3, 0.4) is 0 Å². The van der Waals surface area contributed by atoms with E-state index in [0.717, 1.165) is 93.1 Å². The average Bonchev–Trinajstić information content (AvgIpc) is 4.12. The third-order valence-corrected chi connectivity index (χ3v) is 20.9. The molecule has 2 spiro atoms. The quantitative estimate of drug-likeness (QED) is 0.119. The maximum atomic E-state index is 14.4.